The molecule has 0 aromatic carbocycles. The standard InChI is InChI=1S/C23H33N3O/c1-3-4-6-13-20-22(19-12-9-14-25-15-19)21(23(24)27)17(2)26(20)16-18-10-7-5-8-11-18/h9,12,14-15,18H,3-8,10-11,13,16H2,1-2H3,(H2,24,27). The van der Waals surface area contributed by atoms with E-state index in [1.165, 1.54) is 50.6 Å². The van der Waals surface area contributed by atoms with E-state index in [4.69, 9.17) is 5.73 Å². The molecule has 2 N–H and O–H groups in total. The van der Waals surface area contributed by atoms with Gasteiger partial charge in [-0.1, -0.05) is 45.1 Å². The molecule has 1 aliphatic rings. The highest BCUT2D eigenvalue weighted by molar-refractivity contribution is 6.02. The van der Waals surface area contributed by atoms with Crippen molar-refractivity contribution in [2.24, 2.45) is 11.7 Å². The minimum absolute atomic E-state index is 0.328. The molecule has 3 rings (SSSR count). The number of unbranched alkanes of at least 4 members (excludes halogenated alkanes) is 2. The smallest absolute Gasteiger partial charge is 0.251 e. The van der Waals surface area contributed by atoms with Gasteiger partial charge < -0.3 is 10.3 Å². The molecule has 2 aromatic heterocycles. The highest BCUT2D eigenvalue weighted by Gasteiger charge is 2.26. The summed E-state index contributed by atoms with van der Waals surface area (Å²) in [4.78, 5) is 16.7. The van der Waals surface area contributed by atoms with Crippen molar-refractivity contribution in [3.63, 3.8) is 0 Å². The van der Waals surface area contributed by atoms with E-state index in [9.17, 15) is 4.79 Å². The molecule has 2 aromatic rings. The molecule has 0 aliphatic heterocycles. The minimum Gasteiger partial charge on any atom is -0.366 e. The van der Waals surface area contributed by atoms with Gasteiger partial charge in [0.05, 0.1) is 5.56 Å². The average Bonchev–Trinajstić information content (AvgIpc) is 2.96. The topological polar surface area (TPSA) is 60.9 Å². The molecule has 146 valence electrons. The molecule has 0 atom stereocenters. The first-order chi connectivity index (χ1) is 13.1. The molecule has 0 unspecified atom stereocenters. The molecule has 1 aliphatic carbocycles. The number of rotatable bonds is 8. The van der Waals surface area contributed by atoms with Crippen LogP contribution in [0.1, 0.15) is 80.0 Å². The highest BCUT2D eigenvalue weighted by Crippen LogP contribution is 2.35. The molecule has 0 saturated heterocycles. The molecule has 0 radical (unpaired) electrons. The molecule has 1 fully saturated rings. The summed E-state index contributed by atoms with van der Waals surface area (Å²) in [6.45, 7) is 5.29. The van der Waals surface area contributed by atoms with E-state index >= 15 is 0 Å². The van der Waals surface area contributed by atoms with Crippen LogP contribution in [0, 0.1) is 12.8 Å². The fraction of sp³-hybridized carbons (Fsp3) is 0.565. The summed E-state index contributed by atoms with van der Waals surface area (Å²) in [5.74, 6) is 0.378. The predicted molar refractivity (Wildman–Crippen MR) is 111 cm³/mol. The minimum atomic E-state index is -0.328. The first-order valence-electron chi connectivity index (χ1n) is 10.6. The summed E-state index contributed by atoms with van der Waals surface area (Å²) >= 11 is 0. The summed E-state index contributed by atoms with van der Waals surface area (Å²) in [7, 11) is 0. The molecular weight excluding hydrogens is 334 g/mol. The Bertz CT molecular complexity index is 758. The van der Waals surface area contributed by atoms with Gasteiger partial charge in [-0.15, -0.1) is 0 Å². The normalized spacial score (nSPS) is 15.2. The lowest BCUT2D eigenvalue weighted by Gasteiger charge is -2.24. The van der Waals surface area contributed by atoms with Gasteiger partial charge in [0.1, 0.15) is 0 Å². The lowest BCUT2D eigenvalue weighted by atomic mass is 9.89. The molecular formula is C23H33N3O. The van der Waals surface area contributed by atoms with Gasteiger partial charge in [0.2, 0.25) is 0 Å². The van der Waals surface area contributed by atoms with Crippen LogP contribution in [0.2, 0.25) is 0 Å². The van der Waals surface area contributed by atoms with Gasteiger partial charge in [-0.2, -0.15) is 0 Å². The van der Waals surface area contributed by atoms with Crippen LogP contribution in [0.5, 0.6) is 0 Å². The van der Waals surface area contributed by atoms with E-state index in [-0.39, 0.29) is 5.91 Å². The lowest BCUT2D eigenvalue weighted by Crippen LogP contribution is -2.18. The molecule has 0 spiro atoms. The Hall–Kier alpha value is -2.10. The zero-order valence-corrected chi connectivity index (χ0v) is 16.8. The summed E-state index contributed by atoms with van der Waals surface area (Å²) in [5, 5.41) is 0. The summed E-state index contributed by atoms with van der Waals surface area (Å²) in [5.41, 5.74) is 10.9. The molecule has 0 bridgehead atoms. The Morgan fingerprint density at radius 2 is 2.04 bits per heavy atom. The van der Waals surface area contributed by atoms with Crippen LogP contribution in [0.15, 0.2) is 24.5 Å². The van der Waals surface area contributed by atoms with E-state index in [1.54, 1.807) is 6.20 Å². The predicted octanol–water partition coefficient (Wildman–Crippen LogP) is 5.27. The monoisotopic (exact) mass is 367 g/mol. The molecule has 27 heavy (non-hydrogen) atoms. The number of nitrogens with zero attached hydrogens (tertiary/aromatic N) is 2. The van der Waals surface area contributed by atoms with Crippen molar-refractivity contribution in [1.82, 2.24) is 9.55 Å². The van der Waals surface area contributed by atoms with Gasteiger partial charge in [-0.3, -0.25) is 9.78 Å². The van der Waals surface area contributed by atoms with Crippen molar-refractivity contribution in [1.29, 1.82) is 0 Å². The van der Waals surface area contributed by atoms with Crippen molar-refractivity contribution >= 4 is 5.91 Å². The Morgan fingerprint density at radius 3 is 2.67 bits per heavy atom. The second-order valence-electron chi connectivity index (χ2n) is 7.96. The van der Waals surface area contributed by atoms with Crippen LogP contribution in [0.25, 0.3) is 11.1 Å². The van der Waals surface area contributed by atoms with Crippen molar-refractivity contribution in [2.75, 3.05) is 0 Å². The summed E-state index contributed by atoms with van der Waals surface area (Å²) < 4.78 is 2.41. The summed E-state index contributed by atoms with van der Waals surface area (Å²) in [6, 6.07) is 3.98. The van der Waals surface area contributed by atoms with Crippen LogP contribution in [0.3, 0.4) is 0 Å². The number of nitrogens with two attached hydrogens (primary N) is 1. The maximum atomic E-state index is 12.4. The van der Waals surface area contributed by atoms with Crippen LogP contribution >= 0.6 is 0 Å². The second-order valence-corrected chi connectivity index (χ2v) is 7.96. The number of hydrogen-bond acceptors (Lipinski definition) is 2. The Balaban J connectivity index is 2.08. The average molecular weight is 368 g/mol. The van der Waals surface area contributed by atoms with Gasteiger partial charge in [-0.05, 0) is 44.6 Å². The van der Waals surface area contributed by atoms with Crippen molar-refractivity contribution in [3.05, 3.63) is 41.5 Å². The number of pyridine rings is 1. The Kier molecular flexibility index (Phi) is 6.70. The second kappa shape index (κ2) is 9.20. The fourth-order valence-electron chi connectivity index (χ4n) is 4.60. The number of aromatic nitrogens is 2. The number of hydrogen-bond donors (Lipinski definition) is 1. The van der Waals surface area contributed by atoms with E-state index < -0.39 is 0 Å². The SMILES string of the molecule is CCCCCc1c(-c2cccnc2)c(C(N)=O)c(C)n1CC1CCCCC1. The number of carbonyl (C=O) groups is 1. The molecule has 4 heteroatoms. The first kappa shape index (κ1) is 19.7. The van der Waals surface area contributed by atoms with Crippen LogP contribution in [-0.2, 0) is 13.0 Å². The van der Waals surface area contributed by atoms with Gasteiger partial charge in [-0.25, -0.2) is 0 Å². The third-order valence-electron chi connectivity index (χ3n) is 6.01. The molecule has 1 saturated carbocycles. The lowest BCUT2D eigenvalue weighted by molar-refractivity contribution is 0.1000. The van der Waals surface area contributed by atoms with E-state index in [0.717, 1.165) is 36.2 Å². The van der Waals surface area contributed by atoms with E-state index in [1.807, 2.05) is 18.3 Å². The van der Waals surface area contributed by atoms with Crippen molar-refractivity contribution in [2.45, 2.75) is 78.2 Å². The van der Waals surface area contributed by atoms with Gasteiger partial charge >= 0.3 is 0 Å². The summed E-state index contributed by atoms with van der Waals surface area (Å²) in [6.07, 6.45) is 14.7. The van der Waals surface area contributed by atoms with Gasteiger partial charge in [0.15, 0.2) is 0 Å². The quantitative estimate of drug-likeness (QED) is 0.646. The van der Waals surface area contributed by atoms with E-state index in [0.29, 0.717) is 11.5 Å². The number of amides is 1. The van der Waals surface area contributed by atoms with Gasteiger partial charge in [0, 0.05) is 41.5 Å². The third-order valence-corrected chi connectivity index (χ3v) is 6.01. The van der Waals surface area contributed by atoms with Gasteiger partial charge in [0.25, 0.3) is 5.91 Å². The van der Waals surface area contributed by atoms with Crippen LogP contribution in [-0.4, -0.2) is 15.5 Å². The van der Waals surface area contributed by atoms with Crippen LogP contribution in [0.4, 0.5) is 0 Å². The molecule has 1 amide bonds. The van der Waals surface area contributed by atoms with E-state index in [2.05, 4.69) is 23.4 Å². The zero-order chi connectivity index (χ0) is 19.2. The maximum Gasteiger partial charge on any atom is 0.251 e. The molecule has 4 nitrogen and oxygen atoms in total. The highest BCUT2D eigenvalue weighted by atomic mass is 16.1. The fourth-order valence-corrected chi connectivity index (χ4v) is 4.60. The third kappa shape index (κ3) is 4.42. The number of primary amides is 1. The van der Waals surface area contributed by atoms with Crippen molar-refractivity contribution < 1.29 is 4.79 Å². The first-order valence-corrected chi connectivity index (χ1v) is 10.6. The zero-order valence-electron chi connectivity index (χ0n) is 16.8. The molecule has 2 heterocycles. The number of carbonyl (C=O) groups excluding carboxylic acids is 1. The Morgan fingerprint density at radius 1 is 1.26 bits per heavy atom. The maximum absolute atomic E-state index is 12.4. The van der Waals surface area contributed by atoms with Crippen molar-refractivity contribution in [3.8, 4) is 11.1 Å². The Labute approximate surface area is 163 Å². The largest absolute Gasteiger partial charge is 0.366 e. The van der Waals surface area contributed by atoms with Crippen LogP contribution < -0.4 is 5.73 Å².